The summed E-state index contributed by atoms with van der Waals surface area (Å²) in [6.45, 7) is 1.86. The predicted octanol–water partition coefficient (Wildman–Crippen LogP) is 2.48. The van der Waals surface area contributed by atoms with Crippen LogP contribution >= 0.6 is 15.9 Å². The molecule has 0 bridgehead atoms. The number of rotatable bonds is 2. The van der Waals surface area contributed by atoms with Gasteiger partial charge in [0, 0.05) is 6.20 Å². The van der Waals surface area contributed by atoms with Gasteiger partial charge in [0.25, 0.3) is 0 Å². The molecule has 1 aliphatic rings. The Bertz CT molecular complexity index is 312. The summed E-state index contributed by atoms with van der Waals surface area (Å²) in [5.41, 5.74) is 0. The summed E-state index contributed by atoms with van der Waals surface area (Å²) in [5.74, 6) is 1.43. The van der Waals surface area contributed by atoms with Crippen molar-refractivity contribution in [3.05, 3.63) is 16.5 Å². The maximum Gasteiger partial charge on any atom is 0.231 e. The fourth-order valence-corrected chi connectivity index (χ4v) is 1.45. The van der Waals surface area contributed by atoms with Crippen molar-refractivity contribution < 1.29 is 4.74 Å². The Morgan fingerprint density at radius 3 is 2.92 bits per heavy atom. The van der Waals surface area contributed by atoms with Crippen molar-refractivity contribution in [3.8, 4) is 5.88 Å². The number of aryl methyl sites for hydroxylation is 1. The minimum atomic E-state index is 0.366. The van der Waals surface area contributed by atoms with Gasteiger partial charge in [-0.05, 0) is 42.1 Å². The van der Waals surface area contributed by atoms with E-state index in [4.69, 9.17) is 4.74 Å². The molecule has 2 rings (SSSR count). The third kappa shape index (κ3) is 1.99. The lowest BCUT2D eigenvalue weighted by molar-refractivity contribution is 0.113. The summed E-state index contributed by atoms with van der Waals surface area (Å²) in [6, 6.07) is 0. The van der Waals surface area contributed by atoms with Crippen LogP contribution in [0.2, 0.25) is 0 Å². The van der Waals surface area contributed by atoms with Gasteiger partial charge in [0.15, 0.2) is 0 Å². The molecule has 0 aromatic carbocycles. The van der Waals surface area contributed by atoms with Crippen molar-refractivity contribution >= 4 is 15.9 Å². The van der Waals surface area contributed by atoms with Crippen molar-refractivity contribution in [1.82, 2.24) is 9.97 Å². The van der Waals surface area contributed by atoms with Gasteiger partial charge in [-0.3, -0.25) is 0 Å². The van der Waals surface area contributed by atoms with E-state index in [9.17, 15) is 0 Å². The third-order valence-electron chi connectivity index (χ3n) is 2.16. The third-order valence-corrected chi connectivity index (χ3v) is 2.71. The molecule has 0 radical (unpaired) electrons. The lowest BCUT2D eigenvalue weighted by Gasteiger charge is -2.26. The van der Waals surface area contributed by atoms with E-state index in [1.165, 1.54) is 6.42 Å². The molecule has 0 saturated heterocycles. The quantitative estimate of drug-likeness (QED) is 0.800. The Balaban J connectivity index is 2.13. The molecule has 1 heterocycles. The van der Waals surface area contributed by atoms with Crippen LogP contribution in [0.1, 0.15) is 25.1 Å². The van der Waals surface area contributed by atoms with Crippen LogP contribution in [0.15, 0.2) is 10.7 Å². The highest BCUT2D eigenvalue weighted by Crippen LogP contribution is 2.28. The van der Waals surface area contributed by atoms with Gasteiger partial charge in [0.2, 0.25) is 5.88 Å². The highest BCUT2D eigenvalue weighted by molar-refractivity contribution is 9.10. The van der Waals surface area contributed by atoms with Crippen molar-refractivity contribution in [2.75, 3.05) is 0 Å². The molecule has 70 valence electrons. The number of aromatic nitrogens is 2. The van der Waals surface area contributed by atoms with Crippen LogP contribution < -0.4 is 4.74 Å². The fourth-order valence-electron chi connectivity index (χ4n) is 1.16. The average molecular weight is 243 g/mol. The van der Waals surface area contributed by atoms with E-state index < -0.39 is 0 Å². The van der Waals surface area contributed by atoms with E-state index in [1.807, 2.05) is 6.92 Å². The van der Waals surface area contributed by atoms with Gasteiger partial charge in [0.1, 0.15) is 11.9 Å². The molecule has 0 N–H and O–H groups in total. The molecule has 1 saturated carbocycles. The highest BCUT2D eigenvalue weighted by atomic mass is 79.9. The molecule has 1 aromatic rings. The lowest BCUT2D eigenvalue weighted by atomic mass is 9.96. The van der Waals surface area contributed by atoms with E-state index in [-0.39, 0.29) is 0 Å². The standard InChI is InChI=1S/C9H11BrN2O/c1-6-11-5-8(10)9(12-6)13-7-3-2-4-7/h5,7H,2-4H2,1H3. The van der Waals surface area contributed by atoms with Crippen LogP contribution in [0.4, 0.5) is 0 Å². The minimum absolute atomic E-state index is 0.366. The van der Waals surface area contributed by atoms with Crippen LogP contribution in [-0.2, 0) is 0 Å². The van der Waals surface area contributed by atoms with E-state index >= 15 is 0 Å². The van der Waals surface area contributed by atoms with Crippen LogP contribution in [0.3, 0.4) is 0 Å². The van der Waals surface area contributed by atoms with Gasteiger partial charge in [-0.2, -0.15) is 4.98 Å². The monoisotopic (exact) mass is 242 g/mol. The molecule has 13 heavy (non-hydrogen) atoms. The molecule has 1 aromatic heterocycles. The smallest absolute Gasteiger partial charge is 0.231 e. The molecule has 0 aliphatic heterocycles. The number of hydrogen-bond donors (Lipinski definition) is 0. The second-order valence-electron chi connectivity index (χ2n) is 3.24. The van der Waals surface area contributed by atoms with Gasteiger partial charge < -0.3 is 4.74 Å². The second-order valence-corrected chi connectivity index (χ2v) is 4.10. The molecule has 0 unspecified atom stereocenters. The second kappa shape index (κ2) is 3.62. The van der Waals surface area contributed by atoms with Gasteiger partial charge in [-0.25, -0.2) is 4.98 Å². The first-order chi connectivity index (χ1) is 6.25. The molecular formula is C9H11BrN2O. The molecule has 1 aliphatic carbocycles. The lowest BCUT2D eigenvalue weighted by Crippen LogP contribution is -2.25. The summed E-state index contributed by atoms with van der Waals surface area (Å²) in [5, 5.41) is 0. The van der Waals surface area contributed by atoms with Gasteiger partial charge in [0.05, 0.1) is 4.47 Å². The first-order valence-corrected chi connectivity index (χ1v) is 5.21. The van der Waals surface area contributed by atoms with Crippen LogP contribution in [0, 0.1) is 6.92 Å². The first kappa shape index (κ1) is 8.94. The highest BCUT2D eigenvalue weighted by Gasteiger charge is 2.20. The molecule has 4 heteroatoms. The largest absolute Gasteiger partial charge is 0.473 e. The fraction of sp³-hybridized carbons (Fsp3) is 0.556. The zero-order chi connectivity index (χ0) is 9.26. The predicted molar refractivity (Wildman–Crippen MR) is 52.7 cm³/mol. The average Bonchev–Trinajstić information content (AvgIpc) is 2.03. The van der Waals surface area contributed by atoms with E-state index in [0.717, 1.165) is 23.1 Å². The Morgan fingerprint density at radius 1 is 1.54 bits per heavy atom. The Hall–Kier alpha value is -0.640. The van der Waals surface area contributed by atoms with Crippen molar-refractivity contribution in [3.63, 3.8) is 0 Å². The Morgan fingerprint density at radius 2 is 2.31 bits per heavy atom. The number of hydrogen-bond acceptors (Lipinski definition) is 3. The number of ether oxygens (including phenoxy) is 1. The zero-order valence-electron chi connectivity index (χ0n) is 7.46. The molecule has 0 spiro atoms. The molecule has 0 atom stereocenters. The number of halogens is 1. The molecule has 0 amide bonds. The van der Waals surface area contributed by atoms with Crippen LogP contribution in [0.5, 0.6) is 5.88 Å². The normalized spacial score (nSPS) is 16.8. The van der Waals surface area contributed by atoms with E-state index in [2.05, 4.69) is 25.9 Å². The van der Waals surface area contributed by atoms with Crippen molar-refractivity contribution in [2.45, 2.75) is 32.3 Å². The molecule has 1 fully saturated rings. The zero-order valence-corrected chi connectivity index (χ0v) is 9.04. The SMILES string of the molecule is Cc1ncc(Br)c(OC2CCC2)n1. The molecular weight excluding hydrogens is 232 g/mol. The number of nitrogens with zero attached hydrogens (tertiary/aromatic N) is 2. The Kier molecular flexibility index (Phi) is 2.49. The topological polar surface area (TPSA) is 35.0 Å². The summed E-state index contributed by atoms with van der Waals surface area (Å²) in [4.78, 5) is 8.27. The van der Waals surface area contributed by atoms with Gasteiger partial charge in [-0.1, -0.05) is 0 Å². The van der Waals surface area contributed by atoms with Gasteiger partial charge in [-0.15, -0.1) is 0 Å². The summed E-state index contributed by atoms with van der Waals surface area (Å²) in [7, 11) is 0. The summed E-state index contributed by atoms with van der Waals surface area (Å²) >= 11 is 3.36. The van der Waals surface area contributed by atoms with Crippen LogP contribution in [-0.4, -0.2) is 16.1 Å². The first-order valence-electron chi connectivity index (χ1n) is 4.41. The van der Waals surface area contributed by atoms with Crippen LogP contribution in [0.25, 0.3) is 0 Å². The van der Waals surface area contributed by atoms with Crippen molar-refractivity contribution in [1.29, 1.82) is 0 Å². The maximum atomic E-state index is 5.66. The van der Waals surface area contributed by atoms with Crippen molar-refractivity contribution in [2.24, 2.45) is 0 Å². The summed E-state index contributed by atoms with van der Waals surface area (Å²) in [6.07, 6.45) is 5.67. The minimum Gasteiger partial charge on any atom is -0.473 e. The van der Waals surface area contributed by atoms with E-state index in [1.54, 1.807) is 6.20 Å². The molecule has 3 nitrogen and oxygen atoms in total. The van der Waals surface area contributed by atoms with Gasteiger partial charge >= 0.3 is 0 Å². The maximum absolute atomic E-state index is 5.66. The van der Waals surface area contributed by atoms with E-state index in [0.29, 0.717) is 12.0 Å². The Labute approximate surface area is 85.7 Å². The summed E-state index contributed by atoms with van der Waals surface area (Å²) < 4.78 is 6.50.